The minimum absolute atomic E-state index is 0.0682. The summed E-state index contributed by atoms with van der Waals surface area (Å²) in [6.45, 7) is 2.11. The number of nitroso groups, excluding NO2 is 1. The maximum Gasteiger partial charge on any atom is 0.234 e. The molecule has 0 aliphatic carbocycles. The maximum absolute atomic E-state index is 13.6. The van der Waals surface area contributed by atoms with Crippen molar-refractivity contribution in [1.82, 2.24) is 20.2 Å². The molecule has 0 spiro atoms. The molecule has 9 nitrogen and oxygen atoms in total. The number of carbonyl (C=O) groups excluding carboxylic acids is 1. The van der Waals surface area contributed by atoms with E-state index in [1.165, 1.54) is 6.20 Å². The lowest BCUT2D eigenvalue weighted by Crippen LogP contribution is -2.62. The van der Waals surface area contributed by atoms with Crippen molar-refractivity contribution in [3.05, 3.63) is 47.4 Å². The molecule has 1 aliphatic rings. The van der Waals surface area contributed by atoms with E-state index in [4.69, 9.17) is 5.73 Å². The second-order valence-electron chi connectivity index (χ2n) is 7.11. The van der Waals surface area contributed by atoms with Gasteiger partial charge in [0.15, 0.2) is 6.17 Å². The summed E-state index contributed by atoms with van der Waals surface area (Å²) in [5, 5.41) is 8.62. The Hall–Kier alpha value is -2.82. The fourth-order valence-electron chi connectivity index (χ4n) is 3.57. The summed E-state index contributed by atoms with van der Waals surface area (Å²) < 4.78 is 13.6. The molecule has 10 heteroatoms. The molecule has 2 aromatic rings. The van der Waals surface area contributed by atoms with Gasteiger partial charge in [0.2, 0.25) is 5.91 Å². The van der Waals surface area contributed by atoms with E-state index in [1.807, 2.05) is 13.0 Å². The first-order valence-corrected chi connectivity index (χ1v) is 9.24. The van der Waals surface area contributed by atoms with Gasteiger partial charge in [-0.15, -0.1) is 4.91 Å². The zero-order chi connectivity index (χ0) is 21.0. The van der Waals surface area contributed by atoms with Gasteiger partial charge < -0.3 is 11.1 Å². The Kier molecular flexibility index (Phi) is 6.57. The fraction of sp³-hybridized carbons (Fsp3) is 0.421. The van der Waals surface area contributed by atoms with Crippen molar-refractivity contribution in [2.45, 2.75) is 25.4 Å². The minimum Gasteiger partial charge on any atom is -0.324 e. The van der Waals surface area contributed by atoms with E-state index in [-0.39, 0.29) is 13.1 Å². The number of rotatable bonds is 6. The molecule has 1 saturated heterocycles. The summed E-state index contributed by atoms with van der Waals surface area (Å²) >= 11 is 0. The molecular formula is C19H24FN7O2. The third-order valence-electron chi connectivity index (χ3n) is 5.03. The van der Waals surface area contributed by atoms with Crippen LogP contribution in [0.1, 0.15) is 5.56 Å². The smallest absolute Gasteiger partial charge is 0.234 e. The second kappa shape index (κ2) is 9.12. The molecule has 0 bridgehead atoms. The number of amides is 1. The molecule has 2 aromatic heterocycles. The van der Waals surface area contributed by atoms with Gasteiger partial charge in [-0.3, -0.25) is 25.0 Å². The standard InChI is InChI=1S/C19H24FN7O2/c1-11-7-22-5-3-13(11)14-4-6-23-9-15(14)25-19(28)16(17(21)26-29)18-24-8-12(20)10-27(18)2/h3-7,9,12,16-18,24H,8,10,21H2,1-2H3,(H,25,28). The van der Waals surface area contributed by atoms with Gasteiger partial charge in [-0.2, -0.15) is 0 Å². The first-order chi connectivity index (χ1) is 13.9. The quantitative estimate of drug-likeness (QED) is 0.622. The van der Waals surface area contributed by atoms with Crippen LogP contribution in [0, 0.1) is 17.7 Å². The normalized spacial score (nSPS) is 21.9. The van der Waals surface area contributed by atoms with E-state index in [2.05, 4.69) is 25.8 Å². The van der Waals surface area contributed by atoms with E-state index in [0.717, 1.165) is 16.7 Å². The first-order valence-electron chi connectivity index (χ1n) is 9.24. The lowest BCUT2D eigenvalue weighted by molar-refractivity contribution is -0.124. The number of aromatic nitrogens is 2. The van der Waals surface area contributed by atoms with Gasteiger partial charge in [-0.25, -0.2) is 4.39 Å². The SMILES string of the molecule is Cc1cnccc1-c1ccncc1NC(=O)C(C(N)N=O)C1NCC(F)CN1C. The van der Waals surface area contributed by atoms with Crippen molar-refractivity contribution in [3.8, 4) is 11.1 Å². The number of alkyl halides is 1. The Balaban J connectivity index is 1.89. The lowest BCUT2D eigenvalue weighted by atomic mass is 9.97. The predicted molar refractivity (Wildman–Crippen MR) is 107 cm³/mol. The van der Waals surface area contributed by atoms with Gasteiger partial charge in [0, 0.05) is 37.2 Å². The van der Waals surface area contributed by atoms with Gasteiger partial charge >= 0.3 is 0 Å². The van der Waals surface area contributed by atoms with Crippen LogP contribution >= 0.6 is 0 Å². The molecule has 154 valence electrons. The Morgan fingerprint density at radius 2 is 2.03 bits per heavy atom. The number of nitrogens with zero attached hydrogens (tertiary/aromatic N) is 4. The van der Waals surface area contributed by atoms with Crippen LogP contribution in [-0.2, 0) is 4.79 Å². The fourth-order valence-corrected chi connectivity index (χ4v) is 3.57. The zero-order valence-corrected chi connectivity index (χ0v) is 16.2. The van der Waals surface area contributed by atoms with Crippen molar-refractivity contribution in [3.63, 3.8) is 0 Å². The van der Waals surface area contributed by atoms with E-state index in [0.29, 0.717) is 5.69 Å². The maximum atomic E-state index is 13.6. The Labute approximate surface area is 167 Å². The van der Waals surface area contributed by atoms with Crippen LogP contribution in [0.4, 0.5) is 10.1 Å². The average molecular weight is 401 g/mol. The van der Waals surface area contributed by atoms with Crippen molar-refractivity contribution in [2.24, 2.45) is 16.8 Å². The molecule has 4 atom stereocenters. The van der Waals surface area contributed by atoms with Crippen molar-refractivity contribution >= 4 is 11.6 Å². The third kappa shape index (κ3) is 4.61. The monoisotopic (exact) mass is 401 g/mol. The van der Waals surface area contributed by atoms with Gasteiger partial charge in [0.25, 0.3) is 0 Å². The van der Waals surface area contributed by atoms with E-state index in [1.54, 1.807) is 36.6 Å². The Bertz CT molecular complexity index is 881. The molecule has 3 rings (SSSR count). The van der Waals surface area contributed by atoms with Crippen LogP contribution in [-0.4, -0.2) is 59.4 Å². The summed E-state index contributed by atoms with van der Waals surface area (Å²) in [5.41, 5.74) is 8.89. The van der Waals surface area contributed by atoms with E-state index >= 15 is 0 Å². The lowest BCUT2D eigenvalue weighted by Gasteiger charge is -2.39. The Morgan fingerprint density at radius 1 is 1.34 bits per heavy atom. The largest absolute Gasteiger partial charge is 0.324 e. The van der Waals surface area contributed by atoms with Crippen LogP contribution in [0.25, 0.3) is 11.1 Å². The molecule has 0 radical (unpaired) electrons. The van der Waals surface area contributed by atoms with Gasteiger partial charge in [-0.05, 0) is 37.2 Å². The molecule has 4 unspecified atom stereocenters. The highest BCUT2D eigenvalue weighted by Crippen LogP contribution is 2.30. The van der Waals surface area contributed by atoms with Crippen LogP contribution in [0.5, 0.6) is 0 Å². The minimum atomic E-state index is -1.30. The Morgan fingerprint density at radius 3 is 2.69 bits per heavy atom. The van der Waals surface area contributed by atoms with Gasteiger partial charge in [0.05, 0.1) is 18.1 Å². The molecule has 1 aliphatic heterocycles. The highest BCUT2D eigenvalue weighted by atomic mass is 19.1. The summed E-state index contributed by atoms with van der Waals surface area (Å²) in [6, 6.07) is 3.62. The molecular weight excluding hydrogens is 377 g/mol. The number of aryl methyl sites for hydroxylation is 1. The molecule has 4 N–H and O–H groups in total. The van der Waals surface area contributed by atoms with Crippen molar-refractivity contribution < 1.29 is 9.18 Å². The molecule has 0 saturated carbocycles. The van der Waals surface area contributed by atoms with Crippen molar-refractivity contribution in [1.29, 1.82) is 0 Å². The summed E-state index contributed by atoms with van der Waals surface area (Å²) in [7, 11) is 1.66. The third-order valence-corrected chi connectivity index (χ3v) is 5.03. The topological polar surface area (TPSA) is 126 Å². The van der Waals surface area contributed by atoms with Crippen LogP contribution in [0.2, 0.25) is 0 Å². The molecule has 1 fully saturated rings. The first kappa shape index (κ1) is 20.9. The zero-order valence-electron chi connectivity index (χ0n) is 16.2. The van der Waals surface area contributed by atoms with E-state index in [9.17, 15) is 14.1 Å². The second-order valence-corrected chi connectivity index (χ2v) is 7.11. The van der Waals surface area contributed by atoms with Gasteiger partial charge in [-0.1, -0.05) is 5.18 Å². The number of halogens is 1. The number of carbonyl (C=O) groups is 1. The highest BCUT2D eigenvalue weighted by Gasteiger charge is 2.40. The summed E-state index contributed by atoms with van der Waals surface area (Å²) in [5.74, 6) is -1.52. The molecule has 29 heavy (non-hydrogen) atoms. The highest BCUT2D eigenvalue weighted by molar-refractivity contribution is 5.97. The van der Waals surface area contributed by atoms with Crippen molar-refractivity contribution in [2.75, 3.05) is 25.5 Å². The number of hydrogen-bond acceptors (Lipinski definition) is 8. The van der Waals surface area contributed by atoms with Crippen LogP contribution in [0.15, 0.2) is 42.1 Å². The molecule has 3 heterocycles. The predicted octanol–water partition coefficient (Wildman–Crippen LogP) is 1.26. The number of nitrogens with two attached hydrogens (primary N) is 1. The number of hydrogen-bond donors (Lipinski definition) is 3. The molecule has 0 aromatic carbocycles. The van der Waals surface area contributed by atoms with E-state index < -0.39 is 30.3 Å². The number of anilines is 1. The number of nitrogens with one attached hydrogen (secondary N) is 2. The van der Waals surface area contributed by atoms with Crippen LogP contribution in [0.3, 0.4) is 0 Å². The average Bonchev–Trinajstić information content (AvgIpc) is 2.70. The molecule has 1 amide bonds. The summed E-state index contributed by atoms with van der Waals surface area (Å²) in [6.07, 6.45) is 3.55. The van der Waals surface area contributed by atoms with Crippen LogP contribution < -0.4 is 16.4 Å². The summed E-state index contributed by atoms with van der Waals surface area (Å²) in [4.78, 5) is 34.1. The van der Waals surface area contributed by atoms with Gasteiger partial charge in [0.1, 0.15) is 12.1 Å². The number of pyridine rings is 2.